The Kier molecular flexibility index (Phi) is 7.23. The van der Waals surface area contributed by atoms with Gasteiger partial charge in [-0.3, -0.25) is 0 Å². The monoisotopic (exact) mass is 154 g/mol. The minimum atomic E-state index is -3.63. The molecule has 0 aromatic rings. The molecule has 0 unspecified atom stereocenters. The van der Waals surface area contributed by atoms with Gasteiger partial charge < -0.3 is 0 Å². The number of hydrogen-bond donors (Lipinski definition) is 3. The van der Waals surface area contributed by atoms with E-state index in [0.717, 1.165) is 0 Å². The van der Waals surface area contributed by atoms with Gasteiger partial charge in [0.25, 0.3) is 0 Å². The molecule has 5 heteroatoms. The van der Waals surface area contributed by atoms with Crippen LogP contribution in [0.1, 0.15) is 6.92 Å². The number of hydrogen-bond acceptors (Lipinski definition) is 3. The van der Waals surface area contributed by atoms with Crippen LogP contribution in [0, 0.1) is 0 Å². The Morgan fingerprint density at radius 2 is 1.43 bits per heavy atom. The van der Waals surface area contributed by atoms with Gasteiger partial charge in [-0.25, -0.2) is 0 Å². The van der Waals surface area contributed by atoms with Gasteiger partial charge in [0.15, 0.2) is 0 Å². The summed E-state index contributed by atoms with van der Waals surface area (Å²) < 4.78 is 0. The zero-order chi connectivity index (χ0) is 5.21. The second kappa shape index (κ2) is 4.45. The fourth-order valence-corrected chi connectivity index (χ4v) is 0. The first kappa shape index (κ1) is 11.4. The van der Waals surface area contributed by atoms with E-state index < -0.39 is 7.94 Å². The molecule has 3 N–H and O–H groups in total. The van der Waals surface area contributed by atoms with Crippen molar-refractivity contribution < 1.29 is 14.7 Å². The summed E-state index contributed by atoms with van der Waals surface area (Å²) in [5.41, 5.74) is 0. The fourth-order valence-electron chi connectivity index (χ4n) is 0. The predicted octanol–water partition coefficient (Wildman–Crippen LogP) is -1.44. The van der Waals surface area contributed by atoms with Gasteiger partial charge in [-0.05, 0) is 0 Å². The molecule has 0 fully saturated rings. The van der Waals surface area contributed by atoms with Crippen LogP contribution in [0.4, 0.5) is 0 Å². The summed E-state index contributed by atoms with van der Waals surface area (Å²) in [6, 6.07) is 0. The van der Waals surface area contributed by atoms with Crippen molar-refractivity contribution >= 4 is 45.7 Å². The summed E-state index contributed by atoms with van der Waals surface area (Å²) in [7, 11) is -3.63. The van der Waals surface area contributed by atoms with Crippen molar-refractivity contribution in [3.05, 3.63) is 0 Å². The molecule has 7 heavy (non-hydrogen) atoms. The minimum absolute atomic E-state index is 0. The van der Waals surface area contributed by atoms with Crippen molar-refractivity contribution in [3.63, 3.8) is 0 Å². The predicted molar refractivity (Wildman–Crippen MR) is 34.1 cm³/mol. The van der Waals surface area contributed by atoms with E-state index in [-0.39, 0.29) is 43.9 Å². The van der Waals surface area contributed by atoms with Crippen LogP contribution in [0.3, 0.4) is 0 Å². The maximum atomic E-state index is 8.08. The van der Waals surface area contributed by atoms with Crippen molar-refractivity contribution in [3.8, 4) is 0 Å². The molecule has 0 bridgehead atoms. The third kappa shape index (κ3) is 11.2. The van der Waals surface area contributed by atoms with Crippen LogP contribution in [0.5, 0.6) is 0 Å². The maximum absolute atomic E-state index is 8.08. The Labute approximate surface area is 72.9 Å². The van der Waals surface area contributed by atoms with Gasteiger partial charge in [0, 0.05) is 0 Å². The van der Waals surface area contributed by atoms with E-state index in [1.54, 1.807) is 0 Å². The summed E-state index contributed by atoms with van der Waals surface area (Å²) in [4.78, 5) is 24.2. The molecule has 0 aromatic heterocycles. The molecular weight excluding hydrogens is 143 g/mol. The van der Waals surface area contributed by atoms with Gasteiger partial charge in [0.1, 0.15) is 0 Å². The molecule has 0 aliphatic carbocycles. The van der Waals surface area contributed by atoms with E-state index in [9.17, 15) is 0 Å². The molecule has 0 radical (unpaired) electrons. The molecule has 0 rings (SSSR count). The topological polar surface area (TPSA) is 60.7 Å². The summed E-state index contributed by atoms with van der Waals surface area (Å²) in [5.74, 6) is 0. The molecule has 0 atom stereocenters. The molecule has 0 aliphatic heterocycles. The van der Waals surface area contributed by atoms with E-state index in [1.807, 2.05) is 0 Å². The average Bonchev–Trinajstić information content (AvgIpc) is 1.35. The SMILES string of the molecule is CC[PH](O)(O)O.[CaH2]. The van der Waals surface area contributed by atoms with Gasteiger partial charge in [0.05, 0.1) is 0 Å². The molecule has 0 spiro atoms. The Hall–Kier alpha value is 1.57. The zero-order valence-corrected chi connectivity index (χ0v) is 4.55. The first-order chi connectivity index (χ1) is 2.56. The fraction of sp³-hybridized carbons (Fsp3) is 1.00. The first-order valence-electron chi connectivity index (χ1n) is 1.73. The molecule has 44 valence electrons. The van der Waals surface area contributed by atoms with E-state index in [0.29, 0.717) is 0 Å². The van der Waals surface area contributed by atoms with Crippen molar-refractivity contribution in [2.24, 2.45) is 0 Å². The third-order valence-electron chi connectivity index (χ3n) is 0.474. The summed E-state index contributed by atoms with van der Waals surface area (Å²) in [6.07, 6.45) is 0.0764. The summed E-state index contributed by atoms with van der Waals surface area (Å²) in [5, 5.41) is 0. The second-order valence-corrected chi connectivity index (χ2v) is 3.38. The molecule has 0 aromatic carbocycles. The van der Waals surface area contributed by atoms with Crippen molar-refractivity contribution in [1.82, 2.24) is 0 Å². The molecule has 0 saturated heterocycles. The second-order valence-electron chi connectivity index (χ2n) is 1.13. The molecule has 0 saturated carbocycles. The Morgan fingerprint density at radius 3 is 1.43 bits per heavy atom. The Balaban J connectivity index is 0. The molecule has 0 aliphatic rings. The molecule has 0 heterocycles. The van der Waals surface area contributed by atoms with Crippen LogP contribution in [0.25, 0.3) is 0 Å². The normalized spacial score (nSPS) is 12.6. The van der Waals surface area contributed by atoms with Gasteiger partial charge in [-0.1, -0.05) is 0 Å². The quantitative estimate of drug-likeness (QED) is 0.320. The van der Waals surface area contributed by atoms with Crippen LogP contribution in [0.15, 0.2) is 0 Å². The molecular formula is C2H11CaO3P. The van der Waals surface area contributed by atoms with Gasteiger partial charge in [-0.15, -0.1) is 0 Å². The summed E-state index contributed by atoms with van der Waals surface area (Å²) in [6.45, 7) is 1.52. The van der Waals surface area contributed by atoms with Crippen molar-refractivity contribution in [2.75, 3.05) is 6.16 Å². The molecule has 0 amide bonds. The number of rotatable bonds is 1. The van der Waals surface area contributed by atoms with Gasteiger partial charge in [-0.2, -0.15) is 0 Å². The molecule has 3 nitrogen and oxygen atoms in total. The van der Waals surface area contributed by atoms with Crippen LogP contribution in [-0.2, 0) is 0 Å². The van der Waals surface area contributed by atoms with Crippen molar-refractivity contribution in [1.29, 1.82) is 0 Å². The van der Waals surface area contributed by atoms with Crippen LogP contribution in [-0.4, -0.2) is 58.6 Å². The Morgan fingerprint density at radius 1 is 1.29 bits per heavy atom. The van der Waals surface area contributed by atoms with Crippen LogP contribution in [0.2, 0.25) is 0 Å². The van der Waals surface area contributed by atoms with Crippen LogP contribution >= 0.6 is 7.94 Å². The standard InChI is InChI=1S/C2H9O3P.Ca.2H/c1-2-6(3,4)5;;;/h3-6H,2H2,1H3;;;. The van der Waals surface area contributed by atoms with Crippen LogP contribution < -0.4 is 0 Å². The van der Waals surface area contributed by atoms with Gasteiger partial charge in [0.2, 0.25) is 0 Å². The zero-order valence-electron chi connectivity index (χ0n) is 3.55. The van der Waals surface area contributed by atoms with E-state index >= 15 is 0 Å². The first-order valence-corrected chi connectivity index (χ1v) is 3.78. The van der Waals surface area contributed by atoms with Crippen molar-refractivity contribution in [2.45, 2.75) is 6.92 Å². The summed E-state index contributed by atoms with van der Waals surface area (Å²) >= 11 is 0. The average molecular weight is 154 g/mol. The third-order valence-corrected chi connectivity index (χ3v) is 1.42. The van der Waals surface area contributed by atoms with Gasteiger partial charge >= 0.3 is 73.4 Å². The Bertz CT molecular complexity index is 42.7. The van der Waals surface area contributed by atoms with E-state index in [4.69, 9.17) is 14.7 Å². The van der Waals surface area contributed by atoms with E-state index in [1.165, 1.54) is 6.92 Å². The van der Waals surface area contributed by atoms with E-state index in [2.05, 4.69) is 0 Å².